The average Bonchev–Trinajstić information content (AvgIpc) is 3.40. The third-order valence-corrected chi connectivity index (χ3v) is 6.64. The number of hydrogen-bond donors (Lipinski definition) is 1. The van der Waals surface area contributed by atoms with Crippen LogP contribution in [0, 0.1) is 18.8 Å². The van der Waals surface area contributed by atoms with Crippen LogP contribution >= 0.6 is 0 Å². The SMILES string of the molecule is Cc1cccc(C(=O)N2CCN(C(C(=O)NCC3CC3)C3CCCC3)CC2)c1. The molecule has 152 valence electrons. The number of benzene rings is 1. The maximum Gasteiger partial charge on any atom is 0.253 e. The Balaban J connectivity index is 1.37. The number of hydrogen-bond acceptors (Lipinski definition) is 3. The third-order valence-electron chi connectivity index (χ3n) is 6.64. The van der Waals surface area contributed by atoms with Crippen LogP contribution in [-0.4, -0.2) is 60.4 Å². The summed E-state index contributed by atoms with van der Waals surface area (Å²) in [4.78, 5) is 30.1. The summed E-state index contributed by atoms with van der Waals surface area (Å²) < 4.78 is 0. The molecule has 1 unspecified atom stereocenters. The molecule has 1 aliphatic heterocycles. The van der Waals surface area contributed by atoms with Crippen LogP contribution in [0.1, 0.15) is 54.4 Å². The van der Waals surface area contributed by atoms with Gasteiger partial charge in [-0.1, -0.05) is 30.5 Å². The number of nitrogens with one attached hydrogen (secondary N) is 1. The zero-order valence-corrected chi connectivity index (χ0v) is 17.0. The van der Waals surface area contributed by atoms with Gasteiger partial charge in [-0.2, -0.15) is 0 Å². The molecule has 1 aromatic rings. The summed E-state index contributed by atoms with van der Waals surface area (Å²) in [5, 5.41) is 3.22. The maximum atomic E-state index is 13.0. The van der Waals surface area contributed by atoms with Crippen molar-refractivity contribution in [2.45, 2.75) is 51.5 Å². The number of rotatable bonds is 6. The van der Waals surface area contributed by atoms with Crippen molar-refractivity contribution in [3.63, 3.8) is 0 Å². The van der Waals surface area contributed by atoms with Gasteiger partial charge in [0.1, 0.15) is 0 Å². The molecule has 1 N–H and O–H groups in total. The Hall–Kier alpha value is -1.88. The molecule has 3 aliphatic rings. The van der Waals surface area contributed by atoms with Crippen LogP contribution < -0.4 is 5.32 Å². The van der Waals surface area contributed by atoms with Crippen molar-refractivity contribution < 1.29 is 9.59 Å². The second kappa shape index (κ2) is 8.64. The molecule has 3 fully saturated rings. The zero-order valence-electron chi connectivity index (χ0n) is 17.0. The molecule has 1 aromatic carbocycles. The van der Waals surface area contributed by atoms with E-state index in [4.69, 9.17) is 0 Å². The van der Waals surface area contributed by atoms with Gasteiger partial charge in [-0.25, -0.2) is 0 Å². The number of aryl methyl sites for hydroxylation is 1. The van der Waals surface area contributed by atoms with Gasteiger partial charge < -0.3 is 10.2 Å². The standard InChI is InChI=1S/C23H33N3O2/c1-17-5-4-8-20(15-17)23(28)26-13-11-25(12-14-26)21(19-6-2-3-7-19)22(27)24-16-18-9-10-18/h4-5,8,15,18-19,21H,2-3,6-7,9-14,16H2,1H3,(H,24,27). The topological polar surface area (TPSA) is 52.7 Å². The molecule has 2 aliphatic carbocycles. The van der Waals surface area contributed by atoms with Crippen molar-refractivity contribution in [3.8, 4) is 0 Å². The highest BCUT2D eigenvalue weighted by Crippen LogP contribution is 2.32. The van der Waals surface area contributed by atoms with E-state index < -0.39 is 0 Å². The molecule has 2 saturated carbocycles. The van der Waals surface area contributed by atoms with Crippen LogP contribution in [0.4, 0.5) is 0 Å². The Morgan fingerprint density at radius 3 is 2.43 bits per heavy atom. The molecule has 1 heterocycles. The van der Waals surface area contributed by atoms with E-state index in [9.17, 15) is 9.59 Å². The Morgan fingerprint density at radius 1 is 1.07 bits per heavy atom. The first-order chi connectivity index (χ1) is 13.6. The van der Waals surface area contributed by atoms with Gasteiger partial charge in [0.05, 0.1) is 6.04 Å². The van der Waals surface area contributed by atoms with Crippen LogP contribution in [0.2, 0.25) is 0 Å². The summed E-state index contributed by atoms with van der Waals surface area (Å²) in [5.41, 5.74) is 1.88. The number of carbonyl (C=O) groups excluding carboxylic acids is 2. The van der Waals surface area contributed by atoms with Crippen molar-refractivity contribution in [2.75, 3.05) is 32.7 Å². The minimum absolute atomic E-state index is 0.0162. The highest BCUT2D eigenvalue weighted by Gasteiger charge is 2.37. The van der Waals surface area contributed by atoms with E-state index >= 15 is 0 Å². The monoisotopic (exact) mass is 383 g/mol. The first kappa shape index (κ1) is 19.4. The first-order valence-corrected chi connectivity index (χ1v) is 11.0. The van der Waals surface area contributed by atoms with E-state index in [-0.39, 0.29) is 17.9 Å². The number of carbonyl (C=O) groups is 2. The van der Waals surface area contributed by atoms with Gasteiger partial charge >= 0.3 is 0 Å². The van der Waals surface area contributed by atoms with Gasteiger partial charge in [0.2, 0.25) is 5.91 Å². The van der Waals surface area contributed by atoms with E-state index in [0.29, 0.717) is 24.9 Å². The van der Waals surface area contributed by atoms with Crippen LogP contribution in [0.5, 0.6) is 0 Å². The average molecular weight is 384 g/mol. The summed E-state index contributed by atoms with van der Waals surface area (Å²) in [7, 11) is 0. The number of amides is 2. The molecule has 0 spiro atoms. The molecule has 5 nitrogen and oxygen atoms in total. The summed E-state index contributed by atoms with van der Waals surface area (Å²) in [6.07, 6.45) is 7.31. The van der Waals surface area contributed by atoms with E-state index in [1.807, 2.05) is 36.1 Å². The normalized spacial score (nSPS) is 22.2. The van der Waals surface area contributed by atoms with Crippen LogP contribution in [-0.2, 0) is 4.79 Å². The molecule has 0 aromatic heterocycles. The molecule has 5 heteroatoms. The highest BCUT2D eigenvalue weighted by atomic mass is 16.2. The number of piperazine rings is 1. The van der Waals surface area contributed by atoms with Crippen molar-refractivity contribution in [1.29, 1.82) is 0 Å². The van der Waals surface area contributed by atoms with Crippen LogP contribution in [0.15, 0.2) is 24.3 Å². The van der Waals surface area contributed by atoms with Crippen LogP contribution in [0.25, 0.3) is 0 Å². The number of nitrogens with zero attached hydrogens (tertiary/aromatic N) is 2. The second-order valence-corrected chi connectivity index (χ2v) is 8.88. The molecular formula is C23H33N3O2. The predicted octanol–water partition coefficient (Wildman–Crippen LogP) is 2.84. The molecule has 1 saturated heterocycles. The summed E-state index contributed by atoms with van der Waals surface area (Å²) in [6.45, 7) is 5.83. The third kappa shape index (κ3) is 4.57. The smallest absolute Gasteiger partial charge is 0.253 e. The Kier molecular flexibility index (Phi) is 6.00. The quantitative estimate of drug-likeness (QED) is 0.822. The predicted molar refractivity (Wildman–Crippen MR) is 110 cm³/mol. The lowest BCUT2D eigenvalue weighted by Crippen LogP contribution is -2.58. The van der Waals surface area contributed by atoms with Crippen molar-refractivity contribution in [2.24, 2.45) is 11.8 Å². The molecule has 0 bridgehead atoms. The van der Waals surface area contributed by atoms with Crippen molar-refractivity contribution in [3.05, 3.63) is 35.4 Å². The Bertz CT molecular complexity index is 702. The van der Waals surface area contributed by atoms with Crippen molar-refractivity contribution in [1.82, 2.24) is 15.1 Å². The second-order valence-electron chi connectivity index (χ2n) is 8.88. The molecule has 2 amide bonds. The Labute approximate surface area is 168 Å². The van der Waals surface area contributed by atoms with Gasteiger partial charge in [-0.3, -0.25) is 14.5 Å². The molecule has 4 rings (SSSR count). The van der Waals surface area contributed by atoms with Gasteiger partial charge in [-0.15, -0.1) is 0 Å². The minimum Gasteiger partial charge on any atom is -0.354 e. The summed E-state index contributed by atoms with van der Waals surface area (Å²) >= 11 is 0. The largest absolute Gasteiger partial charge is 0.354 e. The van der Waals surface area contributed by atoms with Gasteiger partial charge in [0.25, 0.3) is 5.91 Å². The van der Waals surface area contributed by atoms with E-state index in [0.717, 1.165) is 43.6 Å². The zero-order chi connectivity index (χ0) is 19.5. The molecule has 0 radical (unpaired) electrons. The van der Waals surface area contributed by atoms with E-state index in [2.05, 4.69) is 10.2 Å². The summed E-state index contributed by atoms with van der Waals surface area (Å²) in [6, 6.07) is 7.80. The van der Waals surface area contributed by atoms with Crippen LogP contribution in [0.3, 0.4) is 0 Å². The minimum atomic E-state index is -0.0162. The maximum absolute atomic E-state index is 13.0. The van der Waals surface area contributed by atoms with E-state index in [1.54, 1.807) is 0 Å². The lowest BCUT2D eigenvalue weighted by atomic mass is 9.95. The lowest BCUT2D eigenvalue weighted by Gasteiger charge is -2.40. The summed E-state index contributed by atoms with van der Waals surface area (Å²) in [5.74, 6) is 1.51. The highest BCUT2D eigenvalue weighted by molar-refractivity contribution is 5.94. The molecule has 1 atom stereocenters. The van der Waals surface area contributed by atoms with Gasteiger partial charge in [0, 0.05) is 38.3 Å². The van der Waals surface area contributed by atoms with E-state index in [1.165, 1.54) is 25.7 Å². The van der Waals surface area contributed by atoms with Gasteiger partial charge in [-0.05, 0) is 56.6 Å². The molecule has 28 heavy (non-hydrogen) atoms. The fourth-order valence-electron chi connectivity index (χ4n) is 4.79. The Morgan fingerprint density at radius 2 is 1.79 bits per heavy atom. The molecular weight excluding hydrogens is 350 g/mol. The fraction of sp³-hybridized carbons (Fsp3) is 0.652. The lowest BCUT2D eigenvalue weighted by molar-refractivity contribution is -0.129. The fourth-order valence-corrected chi connectivity index (χ4v) is 4.79. The van der Waals surface area contributed by atoms with Gasteiger partial charge in [0.15, 0.2) is 0 Å². The first-order valence-electron chi connectivity index (χ1n) is 11.0. The van der Waals surface area contributed by atoms with Crippen molar-refractivity contribution >= 4 is 11.8 Å².